The molecular weight excluding hydrogens is 190 g/mol. The van der Waals surface area contributed by atoms with E-state index in [0.717, 1.165) is 12.2 Å². The minimum Gasteiger partial charge on any atom is -0.337 e. The Morgan fingerprint density at radius 2 is 2.07 bits per heavy atom. The third kappa shape index (κ3) is 1.78. The second-order valence-electron chi connectivity index (χ2n) is 5.58. The summed E-state index contributed by atoms with van der Waals surface area (Å²) < 4.78 is 5.29. The lowest BCUT2D eigenvalue weighted by Gasteiger charge is -2.17. The van der Waals surface area contributed by atoms with E-state index in [1.807, 2.05) is 20.9 Å². The lowest BCUT2D eigenvalue weighted by Crippen LogP contribution is -2.33. The lowest BCUT2D eigenvalue weighted by molar-refractivity contribution is 0.279. The zero-order valence-corrected chi connectivity index (χ0v) is 10.1. The molecule has 1 saturated carbocycles. The molecule has 1 aromatic heterocycles. The third-order valence-corrected chi connectivity index (χ3v) is 3.43. The van der Waals surface area contributed by atoms with Crippen LogP contribution in [0.4, 0.5) is 0 Å². The number of hydrogen-bond acceptors (Lipinski definition) is 4. The van der Waals surface area contributed by atoms with E-state index in [9.17, 15) is 0 Å². The zero-order valence-electron chi connectivity index (χ0n) is 10.1. The first-order valence-corrected chi connectivity index (χ1v) is 5.40. The van der Waals surface area contributed by atoms with Crippen molar-refractivity contribution in [3.8, 4) is 0 Å². The highest BCUT2D eigenvalue weighted by molar-refractivity contribution is 5.15. The van der Waals surface area contributed by atoms with Crippen molar-refractivity contribution in [1.82, 2.24) is 15.5 Å². The van der Waals surface area contributed by atoms with Gasteiger partial charge >= 0.3 is 0 Å². The average Bonchev–Trinajstić information content (AvgIpc) is 2.65. The average molecular weight is 209 g/mol. The first kappa shape index (κ1) is 10.6. The standard InChI is InChI=1S/C11H19N3O/c1-10(2)6-7(10)8-13-9(15-14-8)11(3,4)12-5/h7,12H,6H2,1-5H3. The highest BCUT2D eigenvalue weighted by Gasteiger charge is 2.49. The zero-order chi connectivity index (χ0) is 11.3. The minimum absolute atomic E-state index is 0.246. The maximum atomic E-state index is 5.29. The Hall–Kier alpha value is -0.900. The van der Waals surface area contributed by atoms with Gasteiger partial charge in [0.15, 0.2) is 5.82 Å². The minimum atomic E-state index is -0.246. The van der Waals surface area contributed by atoms with Crippen molar-refractivity contribution in [2.24, 2.45) is 5.41 Å². The Morgan fingerprint density at radius 1 is 1.47 bits per heavy atom. The molecule has 1 N–H and O–H groups in total. The van der Waals surface area contributed by atoms with Gasteiger partial charge in [-0.05, 0) is 32.7 Å². The van der Waals surface area contributed by atoms with E-state index in [-0.39, 0.29) is 5.54 Å². The summed E-state index contributed by atoms with van der Waals surface area (Å²) in [7, 11) is 1.89. The van der Waals surface area contributed by atoms with Crippen molar-refractivity contribution in [3.05, 3.63) is 11.7 Å². The van der Waals surface area contributed by atoms with Crippen LogP contribution in [0.25, 0.3) is 0 Å². The molecule has 4 heteroatoms. The molecule has 0 radical (unpaired) electrons. The molecule has 0 bridgehead atoms. The molecule has 1 unspecified atom stereocenters. The van der Waals surface area contributed by atoms with E-state index >= 15 is 0 Å². The lowest BCUT2D eigenvalue weighted by atomic mass is 10.1. The van der Waals surface area contributed by atoms with Crippen molar-refractivity contribution in [1.29, 1.82) is 0 Å². The predicted molar refractivity (Wildman–Crippen MR) is 57.5 cm³/mol. The molecule has 1 fully saturated rings. The normalized spacial score (nSPS) is 24.2. The number of nitrogens with zero attached hydrogens (tertiary/aromatic N) is 2. The van der Waals surface area contributed by atoms with Crippen molar-refractivity contribution < 1.29 is 4.52 Å². The molecule has 1 aliphatic rings. The van der Waals surface area contributed by atoms with E-state index in [1.54, 1.807) is 0 Å². The van der Waals surface area contributed by atoms with Crippen LogP contribution in [-0.2, 0) is 5.54 Å². The smallest absolute Gasteiger partial charge is 0.246 e. The molecule has 15 heavy (non-hydrogen) atoms. The van der Waals surface area contributed by atoms with Gasteiger partial charge in [0.05, 0.1) is 5.54 Å². The molecule has 4 nitrogen and oxygen atoms in total. The van der Waals surface area contributed by atoms with Gasteiger partial charge in [-0.1, -0.05) is 19.0 Å². The molecule has 84 valence electrons. The van der Waals surface area contributed by atoms with Gasteiger partial charge in [0.2, 0.25) is 5.89 Å². The van der Waals surface area contributed by atoms with Crippen molar-refractivity contribution in [2.45, 2.75) is 45.6 Å². The third-order valence-electron chi connectivity index (χ3n) is 3.43. The summed E-state index contributed by atoms with van der Waals surface area (Å²) in [5.41, 5.74) is 0.106. The Bertz CT molecular complexity index is 368. The number of hydrogen-bond donors (Lipinski definition) is 1. The monoisotopic (exact) mass is 209 g/mol. The Balaban J connectivity index is 2.19. The van der Waals surface area contributed by atoms with Gasteiger partial charge in [-0.25, -0.2) is 0 Å². The molecule has 2 rings (SSSR count). The van der Waals surface area contributed by atoms with Crippen molar-refractivity contribution >= 4 is 0 Å². The van der Waals surface area contributed by atoms with Crippen LogP contribution in [0.1, 0.15) is 51.7 Å². The number of rotatable bonds is 3. The first-order valence-electron chi connectivity index (χ1n) is 5.40. The van der Waals surface area contributed by atoms with Crippen LogP contribution in [0.2, 0.25) is 0 Å². The van der Waals surface area contributed by atoms with E-state index in [4.69, 9.17) is 4.52 Å². The number of aromatic nitrogens is 2. The number of nitrogens with one attached hydrogen (secondary N) is 1. The van der Waals surface area contributed by atoms with Gasteiger partial charge < -0.3 is 9.84 Å². The molecular formula is C11H19N3O. The highest BCUT2D eigenvalue weighted by Crippen LogP contribution is 2.57. The second-order valence-corrected chi connectivity index (χ2v) is 5.58. The second kappa shape index (κ2) is 3.04. The molecule has 0 aliphatic heterocycles. The van der Waals surface area contributed by atoms with Crippen molar-refractivity contribution in [3.63, 3.8) is 0 Å². The summed E-state index contributed by atoms with van der Waals surface area (Å²) in [5.74, 6) is 2.00. The van der Waals surface area contributed by atoms with Gasteiger partial charge in [0.1, 0.15) is 0 Å². The summed E-state index contributed by atoms with van der Waals surface area (Å²) in [6.45, 7) is 8.53. The molecule has 0 amide bonds. The van der Waals surface area contributed by atoms with Gasteiger partial charge in [-0.3, -0.25) is 0 Å². The topological polar surface area (TPSA) is 51.0 Å². The maximum Gasteiger partial charge on any atom is 0.246 e. The van der Waals surface area contributed by atoms with Crippen LogP contribution in [0, 0.1) is 5.41 Å². The molecule has 1 aliphatic carbocycles. The molecule has 1 aromatic rings. The van der Waals surface area contributed by atoms with Gasteiger partial charge in [-0.2, -0.15) is 4.98 Å². The van der Waals surface area contributed by atoms with E-state index in [0.29, 0.717) is 17.2 Å². The van der Waals surface area contributed by atoms with Crippen LogP contribution in [0.5, 0.6) is 0 Å². The fourth-order valence-corrected chi connectivity index (χ4v) is 1.65. The Labute approximate surface area is 90.4 Å². The van der Waals surface area contributed by atoms with Crippen molar-refractivity contribution in [2.75, 3.05) is 7.05 Å². The summed E-state index contributed by atoms with van der Waals surface area (Å²) in [5, 5.41) is 7.22. The summed E-state index contributed by atoms with van der Waals surface area (Å²) in [6, 6.07) is 0. The molecule has 0 saturated heterocycles. The van der Waals surface area contributed by atoms with Crippen LogP contribution in [0.3, 0.4) is 0 Å². The quantitative estimate of drug-likeness (QED) is 0.827. The molecule has 0 aromatic carbocycles. The maximum absolute atomic E-state index is 5.29. The van der Waals surface area contributed by atoms with E-state index in [1.165, 1.54) is 0 Å². The molecule has 1 heterocycles. The fraction of sp³-hybridized carbons (Fsp3) is 0.818. The molecule has 1 atom stereocenters. The summed E-state index contributed by atoms with van der Waals surface area (Å²) >= 11 is 0. The summed E-state index contributed by atoms with van der Waals surface area (Å²) in [6.07, 6.45) is 1.16. The Kier molecular flexibility index (Phi) is 2.15. The van der Waals surface area contributed by atoms with Gasteiger partial charge in [0, 0.05) is 5.92 Å². The van der Waals surface area contributed by atoms with Gasteiger partial charge in [-0.15, -0.1) is 0 Å². The molecule has 0 spiro atoms. The van der Waals surface area contributed by atoms with Crippen LogP contribution < -0.4 is 5.32 Å². The van der Waals surface area contributed by atoms with E-state index in [2.05, 4.69) is 29.3 Å². The largest absolute Gasteiger partial charge is 0.337 e. The highest BCUT2D eigenvalue weighted by atomic mass is 16.5. The first-order chi connectivity index (χ1) is 6.87. The van der Waals surface area contributed by atoms with Crippen LogP contribution in [0.15, 0.2) is 4.52 Å². The van der Waals surface area contributed by atoms with E-state index < -0.39 is 0 Å². The van der Waals surface area contributed by atoms with Crippen LogP contribution >= 0.6 is 0 Å². The van der Waals surface area contributed by atoms with Gasteiger partial charge in [0.25, 0.3) is 0 Å². The van der Waals surface area contributed by atoms with Crippen LogP contribution in [-0.4, -0.2) is 17.2 Å². The predicted octanol–water partition coefficient (Wildman–Crippen LogP) is 2.04. The fourth-order valence-electron chi connectivity index (χ4n) is 1.65. The Morgan fingerprint density at radius 3 is 2.53 bits per heavy atom. The summed E-state index contributed by atoms with van der Waals surface area (Å²) in [4.78, 5) is 4.47. The SMILES string of the molecule is CNC(C)(C)c1nc(C2CC2(C)C)no1.